The van der Waals surface area contributed by atoms with Gasteiger partial charge in [0.25, 0.3) is 15.2 Å². The van der Waals surface area contributed by atoms with E-state index in [9.17, 15) is 8.42 Å². The van der Waals surface area contributed by atoms with Gasteiger partial charge in [0.05, 0.1) is 0 Å². The molecule has 0 atom stereocenters. The highest BCUT2D eigenvalue weighted by Gasteiger charge is 2.16. The van der Waals surface area contributed by atoms with Crippen LogP contribution >= 0.6 is 15.9 Å². The quantitative estimate of drug-likeness (QED) is 0.868. The summed E-state index contributed by atoms with van der Waals surface area (Å²) in [5, 5.41) is 10.7. The lowest BCUT2D eigenvalue weighted by Crippen LogP contribution is -2.13. The minimum Gasteiger partial charge on any atom is -0.248 e. The molecule has 0 amide bonds. The van der Waals surface area contributed by atoms with Crippen molar-refractivity contribution in [3.05, 3.63) is 28.2 Å². The Kier molecular flexibility index (Phi) is 3.02. The van der Waals surface area contributed by atoms with Crippen LogP contribution in [0.15, 0.2) is 27.8 Å². The number of sulfonamides is 1. The molecule has 2 rings (SSSR count). The summed E-state index contributed by atoms with van der Waals surface area (Å²) in [6.45, 7) is 1.88. The van der Waals surface area contributed by atoms with Crippen molar-refractivity contribution < 1.29 is 8.42 Å². The highest BCUT2D eigenvalue weighted by Crippen LogP contribution is 2.26. The van der Waals surface area contributed by atoms with Crippen molar-refractivity contribution in [2.75, 3.05) is 0 Å². The van der Waals surface area contributed by atoms with E-state index in [2.05, 4.69) is 31.1 Å². The molecule has 0 aliphatic carbocycles. The number of hydrogen-bond donors (Lipinski definition) is 2. The first-order chi connectivity index (χ1) is 7.89. The molecule has 0 radical (unpaired) electrons. The summed E-state index contributed by atoms with van der Waals surface area (Å²) in [4.78, 5) is 3.85. The summed E-state index contributed by atoms with van der Waals surface area (Å²) >= 11 is 3.38. The number of nitrogens with zero attached hydrogens (tertiary/aromatic N) is 2. The van der Waals surface area contributed by atoms with Gasteiger partial charge in [-0.25, -0.2) is 18.7 Å². The summed E-state index contributed by atoms with van der Waals surface area (Å²) in [6, 6.07) is 5.50. The second-order valence-corrected chi connectivity index (χ2v) is 5.75. The van der Waals surface area contributed by atoms with Crippen LogP contribution in [-0.4, -0.2) is 23.6 Å². The van der Waals surface area contributed by atoms with E-state index >= 15 is 0 Å². The van der Waals surface area contributed by atoms with Crippen LogP contribution in [0.25, 0.3) is 11.4 Å². The zero-order valence-electron chi connectivity index (χ0n) is 8.81. The van der Waals surface area contributed by atoms with Crippen LogP contribution in [0.3, 0.4) is 0 Å². The van der Waals surface area contributed by atoms with E-state index in [1.165, 1.54) is 0 Å². The molecule has 0 aliphatic heterocycles. The Labute approximate surface area is 106 Å². The number of nitrogens with two attached hydrogens (primary N) is 1. The number of H-pyrrole nitrogens is 1. The molecule has 1 heterocycles. The van der Waals surface area contributed by atoms with Gasteiger partial charge in [-0.3, -0.25) is 0 Å². The monoisotopic (exact) mass is 316 g/mol. The number of aromatic nitrogens is 3. The second-order valence-electron chi connectivity index (χ2n) is 3.42. The molecule has 1 aromatic heterocycles. The fourth-order valence-electron chi connectivity index (χ4n) is 1.34. The minimum absolute atomic E-state index is 0.299. The minimum atomic E-state index is -3.85. The highest BCUT2D eigenvalue weighted by molar-refractivity contribution is 9.10. The molecule has 0 saturated carbocycles. The Morgan fingerprint density at radius 1 is 1.41 bits per heavy atom. The van der Waals surface area contributed by atoms with Crippen molar-refractivity contribution in [3.8, 4) is 11.4 Å². The molecule has 90 valence electrons. The molecule has 3 N–H and O–H groups in total. The van der Waals surface area contributed by atoms with Crippen molar-refractivity contribution in [1.29, 1.82) is 0 Å². The van der Waals surface area contributed by atoms with Gasteiger partial charge in [-0.05, 0) is 18.6 Å². The number of primary sulfonamides is 1. The average Bonchev–Trinajstić information content (AvgIpc) is 2.70. The van der Waals surface area contributed by atoms with Crippen molar-refractivity contribution >= 4 is 26.0 Å². The van der Waals surface area contributed by atoms with Crippen molar-refractivity contribution in [3.63, 3.8) is 0 Å². The number of nitrogens with one attached hydrogen (secondary N) is 1. The molecule has 0 fully saturated rings. The van der Waals surface area contributed by atoms with Gasteiger partial charge in [0.2, 0.25) is 0 Å². The van der Waals surface area contributed by atoms with E-state index in [0.29, 0.717) is 5.82 Å². The van der Waals surface area contributed by atoms with Crippen LogP contribution in [0.1, 0.15) is 5.56 Å². The maximum absolute atomic E-state index is 11.1. The fourth-order valence-corrected chi connectivity index (χ4v) is 2.10. The fraction of sp³-hybridized carbons (Fsp3) is 0.111. The zero-order valence-corrected chi connectivity index (χ0v) is 11.2. The first-order valence-electron chi connectivity index (χ1n) is 4.60. The van der Waals surface area contributed by atoms with E-state index in [0.717, 1.165) is 15.6 Å². The first-order valence-corrected chi connectivity index (χ1v) is 6.94. The standard InChI is InChI=1S/C9H9BrN4O2S/c1-5-6(3-2-4-7(5)10)8-12-9(14-13-8)17(11,15)16/h2-4H,1H3,(H2,11,15,16)(H,12,13,14). The van der Waals surface area contributed by atoms with Gasteiger partial charge in [0.15, 0.2) is 5.82 Å². The molecule has 0 spiro atoms. The third-order valence-electron chi connectivity index (χ3n) is 2.24. The molecule has 0 saturated heterocycles. The Morgan fingerprint density at radius 2 is 2.12 bits per heavy atom. The van der Waals surface area contributed by atoms with Crippen LogP contribution in [-0.2, 0) is 10.0 Å². The molecule has 6 nitrogen and oxygen atoms in total. The Hall–Kier alpha value is -1.25. The van der Waals surface area contributed by atoms with E-state index in [1.807, 2.05) is 19.1 Å². The van der Waals surface area contributed by atoms with E-state index in [4.69, 9.17) is 5.14 Å². The Bertz CT molecular complexity index is 665. The van der Waals surface area contributed by atoms with Gasteiger partial charge in [0.1, 0.15) is 0 Å². The molecule has 8 heteroatoms. The number of halogens is 1. The van der Waals surface area contributed by atoms with Crippen molar-refractivity contribution in [2.45, 2.75) is 12.1 Å². The summed E-state index contributed by atoms with van der Waals surface area (Å²) in [5.41, 5.74) is 1.66. The van der Waals surface area contributed by atoms with Crippen molar-refractivity contribution in [2.24, 2.45) is 5.14 Å². The molecule has 1 aromatic carbocycles. The molecule has 17 heavy (non-hydrogen) atoms. The third-order valence-corrected chi connectivity index (χ3v) is 3.82. The number of rotatable bonds is 2. The third kappa shape index (κ3) is 2.38. The van der Waals surface area contributed by atoms with E-state index in [1.54, 1.807) is 6.07 Å². The molecule has 0 bridgehead atoms. The van der Waals surface area contributed by atoms with Crippen LogP contribution in [0.5, 0.6) is 0 Å². The molecule has 0 aliphatic rings. The van der Waals surface area contributed by atoms with Crippen LogP contribution in [0.2, 0.25) is 0 Å². The Balaban J connectivity index is 2.55. The number of aromatic amines is 1. The predicted octanol–water partition coefficient (Wildman–Crippen LogP) is 1.19. The SMILES string of the molecule is Cc1c(Br)cccc1-c1n[nH]c(S(N)(=O)=O)n1. The van der Waals surface area contributed by atoms with Gasteiger partial charge in [-0.1, -0.05) is 28.1 Å². The predicted molar refractivity (Wildman–Crippen MR) is 65.6 cm³/mol. The molecule has 2 aromatic rings. The molecular formula is C9H9BrN4O2S. The summed E-state index contributed by atoms with van der Waals surface area (Å²) < 4.78 is 23.0. The normalized spacial score (nSPS) is 11.7. The lowest BCUT2D eigenvalue weighted by Gasteiger charge is -2.02. The molecular weight excluding hydrogens is 308 g/mol. The second kappa shape index (κ2) is 4.21. The van der Waals surface area contributed by atoms with Gasteiger partial charge in [-0.15, -0.1) is 0 Å². The lowest BCUT2D eigenvalue weighted by atomic mass is 10.1. The highest BCUT2D eigenvalue weighted by atomic mass is 79.9. The zero-order chi connectivity index (χ0) is 12.6. The topological polar surface area (TPSA) is 102 Å². The molecule has 0 unspecified atom stereocenters. The van der Waals surface area contributed by atoms with Crippen LogP contribution in [0.4, 0.5) is 0 Å². The maximum Gasteiger partial charge on any atom is 0.273 e. The summed E-state index contributed by atoms with van der Waals surface area (Å²) in [7, 11) is -3.85. The number of benzene rings is 1. The van der Waals surface area contributed by atoms with Crippen LogP contribution in [0, 0.1) is 6.92 Å². The maximum atomic E-state index is 11.1. The average molecular weight is 317 g/mol. The lowest BCUT2D eigenvalue weighted by molar-refractivity contribution is 0.589. The van der Waals surface area contributed by atoms with Gasteiger partial charge < -0.3 is 0 Å². The van der Waals surface area contributed by atoms with Gasteiger partial charge in [-0.2, -0.15) is 10.1 Å². The van der Waals surface area contributed by atoms with E-state index in [-0.39, 0.29) is 5.16 Å². The van der Waals surface area contributed by atoms with E-state index < -0.39 is 10.0 Å². The smallest absolute Gasteiger partial charge is 0.248 e. The Morgan fingerprint density at radius 3 is 2.71 bits per heavy atom. The summed E-state index contributed by atoms with van der Waals surface area (Å²) in [6.07, 6.45) is 0. The van der Waals surface area contributed by atoms with Gasteiger partial charge in [0, 0.05) is 10.0 Å². The van der Waals surface area contributed by atoms with Gasteiger partial charge >= 0.3 is 0 Å². The summed E-state index contributed by atoms with van der Waals surface area (Å²) in [5.74, 6) is 0.299. The van der Waals surface area contributed by atoms with Crippen LogP contribution < -0.4 is 5.14 Å². The van der Waals surface area contributed by atoms with Crippen molar-refractivity contribution in [1.82, 2.24) is 15.2 Å². The largest absolute Gasteiger partial charge is 0.273 e. The first kappa shape index (κ1) is 12.2. The number of hydrogen-bond acceptors (Lipinski definition) is 4.